The fourth-order valence-corrected chi connectivity index (χ4v) is 4.53. The van der Waals surface area contributed by atoms with E-state index in [0.29, 0.717) is 10.4 Å². The van der Waals surface area contributed by atoms with Gasteiger partial charge in [-0.3, -0.25) is 4.79 Å². The van der Waals surface area contributed by atoms with Gasteiger partial charge < -0.3 is 0 Å². The molecule has 3 nitrogen and oxygen atoms in total. The van der Waals surface area contributed by atoms with Crippen molar-refractivity contribution in [3.05, 3.63) is 51.7 Å². The summed E-state index contributed by atoms with van der Waals surface area (Å²) in [5, 5.41) is 1.76. The van der Waals surface area contributed by atoms with E-state index in [1.165, 1.54) is 17.4 Å². The van der Waals surface area contributed by atoms with Crippen LogP contribution in [-0.4, -0.2) is 14.2 Å². The van der Waals surface area contributed by atoms with Gasteiger partial charge in [0.25, 0.3) is 0 Å². The predicted octanol–water partition coefficient (Wildman–Crippen LogP) is 2.27. The van der Waals surface area contributed by atoms with E-state index < -0.39 is 9.84 Å². The third kappa shape index (κ3) is 1.54. The van der Waals surface area contributed by atoms with Crippen LogP contribution in [0.5, 0.6) is 0 Å². The topological polar surface area (TPSA) is 51.2 Å². The number of thiophene rings is 1. The van der Waals surface area contributed by atoms with Gasteiger partial charge in [-0.2, -0.15) is 0 Å². The van der Waals surface area contributed by atoms with Crippen molar-refractivity contribution in [1.82, 2.24) is 0 Å². The second-order valence-corrected chi connectivity index (χ2v) is 6.73. The van der Waals surface area contributed by atoms with Crippen LogP contribution >= 0.6 is 11.3 Å². The molecule has 17 heavy (non-hydrogen) atoms. The molecule has 0 radical (unpaired) electrons. The molecule has 1 aromatic heterocycles. The first-order chi connectivity index (χ1) is 8.09. The smallest absolute Gasteiger partial charge is 0.204 e. The molecule has 1 aliphatic rings. The highest BCUT2D eigenvalue weighted by Crippen LogP contribution is 2.31. The second kappa shape index (κ2) is 3.51. The molecule has 0 atom stereocenters. The Balaban J connectivity index is 2.40. The molecule has 2 aromatic rings. The first-order valence-corrected chi connectivity index (χ1v) is 7.55. The molecule has 0 bridgehead atoms. The van der Waals surface area contributed by atoms with E-state index in [-0.39, 0.29) is 22.0 Å². The highest BCUT2D eigenvalue weighted by atomic mass is 32.2. The van der Waals surface area contributed by atoms with E-state index in [2.05, 4.69) is 0 Å². The molecule has 0 saturated carbocycles. The molecule has 2 heterocycles. The molecule has 3 rings (SSSR count). The summed E-state index contributed by atoms with van der Waals surface area (Å²) in [4.78, 5) is 12.9. The van der Waals surface area contributed by atoms with Gasteiger partial charge in [0.1, 0.15) is 0 Å². The van der Waals surface area contributed by atoms with Crippen LogP contribution in [0.25, 0.3) is 0 Å². The molecule has 0 aliphatic carbocycles. The molecule has 1 aliphatic heterocycles. The largest absolute Gasteiger partial charge is 0.288 e. The third-order valence-corrected chi connectivity index (χ3v) is 5.44. The first kappa shape index (κ1) is 10.7. The Morgan fingerprint density at radius 2 is 1.88 bits per heavy atom. The van der Waals surface area contributed by atoms with Crippen molar-refractivity contribution >= 4 is 27.0 Å². The van der Waals surface area contributed by atoms with E-state index >= 15 is 0 Å². The highest BCUT2D eigenvalue weighted by Gasteiger charge is 2.30. The molecule has 0 saturated heterocycles. The molecule has 0 amide bonds. The number of hydrogen-bond donors (Lipinski definition) is 0. The number of carbonyl (C=O) groups excluding carboxylic acids is 1. The van der Waals surface area contributed by atoms with Gasteiger partial charge in [0.15, 0.2) is 9.84 Å². The standard InChI is InChI=1S/C12H8O3S2/c13-11-9-3-1-2-4-10(9)17(14,15)7-8-5-6-16-12(8)11/h1-6H,7H2. The van der Waals surface area contributed by atoms with Gasteiger partial charge in [-0.25, -0.2) is 8.42 Å². The summed E-state index contributed by atoms with van der Waals surface area (Å²) < 4.78 is 24.3. The van der Waals surface area contributed by atoms with Crippen molar-refractivity contribution in [2.75, 3.05) is 0 Å². The monoisotopic (exact) mass is 264 g/mol. The van der Waals surface area contributed by atoms with E-state index in [0.717, 1.165) is 0 Å². The Labute approximate surface area is 103 Å². The zero-order valence-corrected chi connectivity index (χ0v) is 10.3. The van der Waals surface area contributed by atoms with Gasteiger partial charge in [0.05, 0.1) is 15.5 Å². The molecule has 86 valence electrons. The van der Waals surface area contributed by atoms with Gasteiger partial charge in [-0.15, -0.1) is 11.3 Å². The third-order valence-electron chi connectivity index (χ3n) is 2.77. The van der Waals surface area contributed by atoms with Crippen molar-refractivity contribution in [2.24, 2.45) is 0 Å². The highest BCUT2D eigenvalue weighted by molar-refractivity contribution is 7.90. The van der Waals surface area contributed by atoms with Crippen LogP contribution in [0.2, 0.25) is 0 Å². The maximum atomic E-state index is 12.2. The zero-order valence-electron chi connectivity index (χ0n) is 8.71. The van der Waals surface area contributed by atoms with Crippen LogP contribution in [0, 0.1) is 0 Å². The molecular weight excluding hydrogens is 256 g/mol. The maximum absolute atomic E-state index is 12.2. The molecule has 0 fully saturated rings. The fourth-order valence-electron chi connectivity index (χ4n) is 1.98. The van der Waals surface area contributed by atoms with Crippen LogP contribution in [-0.2, 0) is 15.6 Å². The van der Waals surface area contributed by atoms with Crippen LogP contribution in [0.4, 0.5) is 0 Å². The van der Waals surface area contributed by atoms with Gasteiger partial charge in [-0.1, -0.05) is 12.1 Å². The van der Waals surface area contributed by atoms with E-state index in [4.69, 9.17) is 0 Å². The van der Waals surface area contributed by atoms with E-state index in [1.807, 2.05) is 0 Å². The Hall–Kier alpha value is -1.46. The summed E-state index contributed by atoms with van der Waals surface area (Å²) in [5.74, 6) is -0.277. The van der Waals surface area contributed by atoms with Crippen molar-refractivity contribution in [3.8, 4) is 0 Å². The number of sulfone groups is 1. The van der Waals surface area contributed by atoms with Crippen LogP contribution in [0.1, 0.15) is 20.8 Å². The quantitative estimate of drug-likeness (QED) is 0.733. The van der Waals surface area contributed by atoms with Crippen molar-refractivity contribution in [1.29, 1.82) is 0 Å². The Morgan fingerprint density at radius 3 is 2.71 bits per heavy atom. The minimum Gasteiger partial charge on any atom is -0.288 e. The van der Waals surface area contributed by atoms with Crippen LogP contribution in [0.3, 0.4) is 0 Å². The molecule has 0 spiro atoms. The number of ketones is 1. The minimum absolute atomic E-state index is 0.0887. The summed E-state index contributed by atoms with van der Waals surface area (Å²) in [7, 11) is -3.41. The summed E-state index contributed by atoms with van der Waals surface area (Å²) in [5.41, 5.74) is 0.893. The summed E-state index contributed by atoms with van der Waals surface area (Å²) >= 11 is 1.30. The van der Waals surface area contributed by atoms with Crippen molar-refractivity contribution in [2.45, 2.75) is 10.6 Å². The van der Waals surface area contributed by atoms with Gasteiger partial charge in [0.2, 0.25) is 5.78 Å². The number of hydrogen-bond acceptors (Lipinski definition) is 4. The summed E-state index contributed by atoms with van der Waals surface area (Å²) in [6, 6.07) is 8.11. The van der Waals surface area contributed by atoms with Crippen molar-refractivity contribution in [3.63, 3.8) is 0 Å². The Kier molecular flexibility index (Phi) is 2.21. The Morgan fingerprint density at radius 1 is 1.12 bits per heavy atom. The normalized spacial score (nSPS) is 17.1. The summed E-state index contributed by atoms with van der Waals surface area (Å²) in [6.07, 6.45) is 0. The van der Waals surface area contributed by atoms with Crippen LogP contribution in [0.15, 0.2) is 40.6 Å². The number of fused-ring (bicyclic) bond motifs is 2. The van der Waals surface area contributed by atoms with Gasteiger partial charge in [0, 0.05) is 5.56 Å². The molecular formula is C12H8O3S2. The average Bonchev–Trinajstić information content (AvgIpc) is 2.72. The first-order valence-electron chi connectivity index (χ1n) is 5.02. The van der Waals surface area contributed by atoms with Crippen LogP contribution < -0.4 is 0 Å². The number of benzene rings is 1. The zero-order chi connectivity index (χ0) is 12.0. The lowest BCUT2D eigenvalue weighted by Gasteiger charge is -2.03. The van der Waals surface area contributed by atoms with Gasteiger partial charge in [-0.05, 0) is 29.1 Å². The van der Waals surface area contributed by atoms with Crippen molar-refractivity contribution < 1.29 is 13.2 Å². The van der Waals surface area contributed by atoms with E-state index in [9.17, 15) is 13.2 Å². The van der Waals surface area contributed by atoms with Gasteiger partial charge >= 0.3 is 0 Å². The summed E-state index contributed by atoms with van der Waals surface area (Å²) in [6.45, 7) is 0. The lowest BCUT2D eigenvalue weighted by Crippen LogP contribution is -2.06. The molecule has 0 N–H and O–H groups in total. The molecule has 1 aromatic carbocycles. The minimum atomic E-state index is -3.41. The maximum Gasteiger partial charge on any atom is 0.204 e. The lowest BCUT2D eigenvalue weighted by molar-refractivity contribution is 0.103. The predicted molar refractivity (Wildman–Crippen MR) is 65.1 cm³/mol. The fraction of sp³-hybridized carbons (Fsp3) is 0.0833. The SMILES string of the molecule is O=C1c2ccccc2S(=O)(=O)Cc2ccsc21. The molecule has 0 unspecified atom stereocenters. The number of rotatable bonds is 0. The van der Waals surface area contributed by atoms with E-state index in [1.54, 1.807) is 29.6 Å². The second-order valence-electron chi connectivity index (χ2n) is 3.86. The Bertz CT molecular complexity index is 711. The average molecular weight is 264 g/mol. The molecule has 5 heteroatoms. The number of carbonyl (C=O) groups is 1. The lowest BCUT2D eigenvalue weighted by atomic mass is 10.1.